The zero-order valence-corrected chi connectivity index (χ0v) is 20.0. The number of alkyl halides is 3. The van der Waals surface area contributed by atoms with Gasteiger partial charge in [0, 0.05) is 24.3 Å². The van der Waals surface area contributed by atoms with Crippen molar-refractivity contribution < 1.29 is 31.4 Å². The molecule has 1 aliphatic heterocycles. The number of benzene rings is 2. The van der Waals surface area contributed by atoms with Crippen LogP contribution in [0.2, 0.25) is 0 Å². The monoisotopic (exact) mass is 528 g/mol. The van der Waals surface area contributed by atoms with E-state index in [0.29, 0.717) is 16.8 Å². The Morgan fingerprint density at radius 1 is 1.20 bits per heavy atom. The molecule has 2 aromatic carbocycles. The Hall–Kier alpha value is -2.74. The van der Waals surface area contributed by atoms with E-state index in [2.05, 4.69) is 14.4 Å². The molecule has 0 spiro atoms. The van der Waals surface area contributed by atoms with Crippen LogP contribution in [-0.2, 0) is 14.8 Å². The number of anilines is 1. The van der Waals surface area contributed by atoms with E-state index >= 15 is 0 Å². The number of halogens is 3. The molecule has 0 bridgehead atoms. The first-order valence-electron chi connectivity index (χ1n) is 10.6. The average molecular weight is 529 g/mol. The van der Waals surface area contributed by atoms with Gasteiger partial charge in [-0.2, -0.15) is 13.2 Å². The number of likely N-dealkylation sites (tertiary alicyclic amines) is 1. The molecular formula is C22H23F3N4O4S2. The quantitative estimate of drug-likeness (QED) is 0.317. The lowest BCUT2D eigenvalue weighted by Crippen LogP contribution is -2.49. The molecule has 1 saturated heterocycles. The van der Waals surface area contributed by atoms with E-state index in [1.165, 1.54) is 17.4 Å². The van der Waals surface area contributed by atoms with Crippen LogP contribution in [0, 0.1) is 5.41 Å². The number of amidine groups is 1. The highest BCUT2D eigenvalue weighted by Crippen LogP contribution is 2.28. The fourth-order valence-corrected chi connectivity index (χ4v) is 5.81. The maximum absolute atomic E-state index is 12.9. The number of sulfonamides is 1. The fraction of sp³-hybridized carbons (Fsp3) is 0.364. The third kappa shape index (κ3) is 6.10. The topological polar surface area (TPSA) is 116 Å². The van der Waals surface area contributed by atoms with Crippen molar-refractivity contribution in [3.05, 3.63) is 53.5 Å². The van der Waals surface area contributed by atoms with Crippen molar-refractivity contribution in [2.75, 3.05) is 31.0 Å². The first-order chi connectivity index (χ1) is 16.5. The molecule has 1 fully saturated rings. The number of aromatic nitrogens is 1. The van der Waals surface area contributed by atoms with E-state index in [4.69, 9.17) is 5.41 Å². The molecule has 1 aliphatic rings. The normalized spacial score (nSPS) is 16.4. The number of para-hydroxylation sites is 1. The van der Waals surface area contributed by atoms with Crippen molar-refractivity contribution >= 4 is 43.1 Å². The van der Waals surface area contributed by atoms with Gasteiger partial charge in [0.1, 0.15) is 22.9 Å². The predicted molar refractivity (Wildman–Crippen MR) is 126 cm³/mol. The van der Waals surface area contributed by atoms with Gasteiger partial charge in [0.05, 0.1) is 22.4 Å². The lowest BCUT2D eigenvalue weighted by molar-refractivity contribution is -0.189. The Morgan fingerprint density at radius 2 is 1.89 bits per heavy atom. The van der Waals surface area contributed by atoms with Crippen LogP contribution in [0.25, 0.3) is 10.2 Å². The van der Waals surface area contributed by atoms with Crippen LogP contribution in [-0.4, -0.2) is 67.3 Å². The maximum Gasteiger partial charge on any atom is 0.411 e. The summed E-state index contributed by atoms with van der Waals surface area (Å²) in [4.78, 5) is 5.93. The minimum atomic E-state index is -4.45. The average Bonchev–Trinajstić information content (AvgIpc) is 3.27. The van der Waals surface area contributed by atoms with Gasteiger partial charge in [-0.05, 0) is 49.2 Å². The van der Waals surface area contributed by atoms with Crippen molar-refractivity contribution in [2.45, 2.75) is 29.5 Å². The molecule has 0 radical (unpaired) electrons. The number of nitrogens with zero attached hydrogens (tertiary/aromatic N) is 2. The zero-order valence-electron chi connectivity index (χ0n) is 18.4. The smallest absolute Gasteiger partial charge is 0.387 e. The van der Waals surface area contributed by atoms with Gasteiger partial charge in [-0.25, -0.2) is 13.4 Å². The van der Waals surface area contributed by atoms with Crippen LogP contribution in [0.4, 0.5) is 18.9 Å². The fourth-order valence-electron chi connectivity index (χ4n) is 3.81. The number of hydrogen-bond acceptors (Lipinski definition) is 7. The van der Waals surface area contributed by atoms with Gasteiger partial charge in [0.25, 0.3) is 10.0 Å². The standard InChI is InChI=1S/C22H23F3N4O4S2/c23-22(24,25)13-33-12-21(30)8-10-29(11-9-21)20(26)15-4-6-16(7-5-15)28-35(31,32)18-3-1-2-17-19(18)27-14-34-17/h1-7,14,26,28,30H,8-13H2. The van der Waals surface area contributed by atoms with Crippen LogP contribution < -0.4 is 4.72 Å². The molecule has 188 valence electrons. The van der Waals surface area contributed by atoms with Gasteiger partial charge in [0.2, 0.25) is 0 Å². The third-order valence-electron chi connectivity index (χ3n) is 5.67. The Balaban J connectivity index is 1.36. The minimum absolute atomic E-state index is 0.0769. The number of ether oxygens (including phenoxy) is 1. The molecule has 3 N–H and O–H groups in total. The number of aliphatic hydroxyl groups is 1. The molecule has 2 heterocycles. The SMILES string of the molecule is N=C(c1ccc(NS(=O)(=O)c2cccc3scnc23)cc1)N1CCC(O)(COCC(F)(F)F)CC1. The first-order valence-corrected chi connectivity index (χ1v) is 13.0. The van der Waals surface area contributed by atoms with Crippen LogP contribution >= 0.6 is 11.3 Å². The van der Waals surface area contributed by atoms with Crippen molar-refractivity contribution in [2.24, 2.45) is 0 Å². The Labute approximate surface area is 203 Å². The van der Waals surface area contributed by atoms with Gasteiger partial charge >= 0.3 is 6.18 Å². The van der Waals surface area contributed by atoms with E-state index in [0.717, 1.165) is 4.70 Å². The lowest BCUT2D eigenvalue weighted by atomic mass is 9.92. The Kier molecular flexibility index (Phi) is 7.04. The van der Waals surface area contributed by atoms with Crippen molar-refractivity contribution in [3.63, 3.8) is 0 Å². The van der Waals surface area contributed by atoms with Gasteiger partial charge in [-0.3, -0.25) is 10.1 Å². The first kappa shape index (κ1) is 25.4. The predicted octanol–water partition coefficient (Wildman–Crippen LogP) is 3.83. The molecule has 0 saturated carbocycles. The third-order valence-corrected chi connectivity index (χ3v) is 7.88. The molecular weight excluding hydrogens is 505 g/mol. The molecule has 13 heteroatoms. The summed E-state index contributed by atoms with van der Waals surface area (Å²) in [5, 5.41) is 18.9. The molecule has 0 unspecified atom stereocenters. The van der Waals surface area contributed by atoms with E-state index in [9.17, 15) is 26.7 Å². The molecule has 0 atom stereocenters. The summed E-state index contributed by atoms with van der Waals surface area (Å²) in [6.07, 6.45) is -4.13. The molecule has 3 aromatic rings. The number of thiazole rings is 1. The van der Waals surface area contributed by atoms with Crippen molar-refractivity contribution in [3.8, 4) is 0 Å². The van der Waals surface area contributed by atoms with Crippen LogP contribution in [0.15, 0.2) is 52.9 Å². The van der Waals surface area contributed by atoms with Gasteiger partial charge in [-0.15, -0.1) is 11.3 Å². The number of fused-ring (bicyclic) bond motifs is 1. The van der Waals surface area contributed by atoms with Gasteiger partial charge in [-0.1, -0.05) is 6.07 Å². The van der Waals surface area contributed by atoms with E-state index in [1.54, 1.807) is 46.8 Å². The molecule has 8 nitrogen and oxygen atoms in total. The van der Waals surface area contributed by atoms with Gasteiger partial charge < -0.3 is 14.7 Å². The number of hydrogen-bond donors (Lipinski definition) is 3. The minimum Gasteiger partial charge on any atom is -0.387 e. The molecule has 0 aliphatic carbocycles. The summed E-state index contributed by atoms with van der Waals surface area (Å²) in [7, 11) is -3.87. The molecule has 35 heavy (non-hydrogen) atoms. The molecule has 1 aromatic heterocycles. The summed E-state index contributed by atoms with van der Waals surface area (Å²) in [6, 6.07) is 11.3. The summed E-state index contributed by atoms with van der Waals surface area (Å²) in [5.41, 5.74) is 1.47. The highest BCUT2D eigenvalue weighted by molar-refractivity contribution is 7.93. The largest absolute Gasteiger partial charge is 0.411 e. The van der Waals surface area contributed by atoms with Crippen LogP contribution in [0.1, 0.15) is 18.4 Å². The second kappa shape index (κ2) is 9.72. The van der Waals surface area contributed by atoms with E-state index < -0.39 is 35.0 Å². The number of piperidine rings is 1. The second-order valence-electron chi connectivity index (χ2n) is 8.31. The summed E-state index contributed by atoms with van der Waals surface area (Å²) in [6.45, 7) is -1.28. The lowest BCUT2D eigenvalue weighted by Gasteiger charge is -2.39. The van der Waals surface area contributed by atoms with E-state index in [-0.39, 0.29) is 36.7 Å². The number of nitrogens with one attached hydrogen (secondary N) is 2. The molecule has 0 amide bonds. The summed E-state index contributed by atoms with van der Waals surface area (Å²) < 4.78 is 70.4. The zero-order chi connectivity index (χ0) is 25.3. The summed E-state index contributed by atoms with van der Waals surface area (Å²) in [5.74, 6) is 0.171. The van der Waals surface area contributed by atoms with E-state index in [1.807, 2.05) is 0 Å². The second-order valence-corrected chi connectivity index (χ2v) is 10.8. The molecule has 4 rings (SSSR count). The Bertz CT molecular complexity index is 1300. The van der Waals surface area contributed by atoms with Crippen molar-refractivity contribution in [1.82, 2.24) is 9.88 Å². The van der Waals surface area contributed by atoms with Crippen LogP contribution in [0.3, 0.4) is 0 Å². The number of rotatable bonds is 7. The Morgan fingerprint density at radius 3 is 2.54 bits per heavy atom. The highest BCUT2D eigenvalue weighted by Gasteiger charge is 2.35. The van der Waals surface area contributed by atoms with Crippen molar-refractivity contribution in [1.29, 1.82) is 5.41 Å². The highest BCUT2D eigenvalue weighted by atomic mass is 32.2. The van der Waals surface area contributed by atoms with Crippen LogP contribution in [0.5, 0.6) is 0 Å². The maximum atomic E-state index is 12.9. The van der Waals surface area contributed by atoms with Gasteiger partial charge in [0.15, 0.2) is 0 Å². The summed E-state index contributed by atoms with van der Waals surface area (Å²) >= 11 is 1.35.